The first-order chi connectivity index (χ1) is 14.4. The van der Waals surface area contributed by atoms with Gasteiger partial charge in [0.05, 0.1) is 12.7 Å². The van der Waals surface area contributed by atoms with Gasteiger partial charge in [-0.15, -0.1) is 0 Å². The Bertz CT molecular complexity index is 1070. The van der Waals surface area contributed by atoms with Crippen molar-refractivity contribution in [1.82, 2.24) is 0 Å². The molecule has 2 N–H and O–H groups in total. The normalized spacial score (nSPS) is 10.5. The summed E-state index contributed by atoms with van der Waals surface area (Å²) in [6, 6.07) is 16.3. The molecule has 156 valence electrons. The van der Waals surface area contributed by atoms with Crippen LogP contribution < -0.4 is 14.8 Å². The van der Waals surface area contributed by atoms with E-state index in [4.69, 9.17) is 21.1 Å². The Morgan fingerprint density at radius 3 is 2.63 bits per heavy atom. The van der Waals surface area contributed by atoms with Crippen molar-refractivity contribution in [2.24, 2.45) is 0 Å². The van der Waals surface area contributed by atoms with E-state index in [2.05, 4.69) is 21.2 Å². The number of hydrogen-bond donors (Lipinski definition) is 2. The van der Waals surface area contributed by atoms with E-state index in [1.807, 2.05) is 43.3 Å². The minimum atomic E-state index is -0.956. The van der Waals surface area contributed by atoms with Gasteiger partial charge in [0.2, 0.25) is 0 Å². The Labute approximate surface area is 188 Å². The van der Waals surface area contributed by atoms with Crippen LogP contribution in [0.5, 0.6) is 11.5 Å². The lowest BCUT2D eigenvalue weighted by Crippen LogP contribution is -2.05. The van der Waals surface area contributed by atoms with Crippen molar-refractivity contribution in [2.75, 3.05) is 12.4 Å². The average molecular weight is 491 g/mol. The minimum absolute atomic E-state index is 0.240. The summed E-state index contributed by atoms with van der Waals surface area (Å²) in [5.74, 6) is 0.257. The lowest BCUT2D eigenvalue weighted by atomic mass is 10.1. The van der Waals surface area contributed by atoms with Gasteiger partial charge in [-0.3, -0.25) is 0 Å². The summed E-state index contributed by atoms with van der Waals surface area (Å²) in [6.45, 7) is 2.77. The number of carboxylic acid groups (broad SMARTS) is 1. The maximum absolute atomic E-state index is 11.2. The number of hydrogen-bond acceptors (Lipinski definition) is 4. The smallest absolute Gasteiger partial charge is 0.335 e. The molecular weight excluding hydrogens is 470 g/mol. The first kappa shape index (κ1) is 22.0. The Morgan fingerprint density at radius 1 is 1.13 bits per heavy atom. The first-order valence-corrected chi connectivity index (χ1v) is 10.4. The van der Waals surface area contributed by atoms with Crippen molar-refractivity contribution in [2.45, 2.75) is 20.1 Å². The quantitative estimate of drug-likeness (QED) is 0.387. The lowest BCUT2D eigenvalue weighted by Gasteiger charge is -2.16. The molecule has 3 aromatic rings. The van der Waals surface area contributed by atoms with E-state index < -0.39 is 5.97 Å². The SMILES string of the molecule is COc1cc(CNc2cc(C(=O)O)ccc2C)c(Br)cc1OCc1cccc(Cl)c1. The van der Waals surface area contributed by atoms with Crippen LogP contribution in [0.15, 0.2) is 59.1 Å². The number of anilines is 1. The summed E-state index contributed by atoms with van der Waals surface area (Å²) in [5, 5.41) is 13.2. The Morgan fingerprint density at radius 2 is 1.93 bits per heavy atom. The number of aromatic carboxylic acids is 1. The highest BCUT2D eigenvalue weighted by atomic mass is 79.9. The zero-order valence-electron chi connectivity index (χ0n) is 16.5. The van der Waals surface area contributed by atoms with Gasteiger partial charge in [0.15, 0.2) is 11.5 Å². The van der Waals surface area contributed by atoms with Crippen LogP contribution in [-0.2, 0) is 13.2 Å². The molecule has 7 heteroatoms. The van der Waals surface area contributed by atoms with Crippen molar-refractivity contribution in [3.05, 3.63) is 86.3 Å². The third kappa shape index (κ3) is 5.46. The average Bonchev–Trinajstić information content (AvgIpc) is 2.72. The van der Waals surface area contributed by atoms with E-state index in [0.29, 0.717) is 29.7 Å². The maximum atomic E-state index is 11.2. The van der Waals surface area contributed by atoms with Gasteiger partial charge in [0, 0.05) is 21.7 Å². The van der Waals surface area contributed by atoms with Crippen molar-refractivity contribution in [1.29, 1.82) is 0 Å². The number of methoxy groups -OCH3 is 1. The highest BCUT2D eigenvalue weighted by molar-refractivity contribution is 9.10. The molecule has 0 fully saturated rings. The van der Waals surface area contributed by atoms with Crippen molar-refractivity contribution < 1.29 is 19.4 Å². The molecule has 0 heterocycles. The summed E-state index contributed by atoms with van der Waals surface area (Å²) in [4.78, 5) is 11.2. The van der Waals surface area contributed by atoms with Gasteiger partial charge >= 0.3 is 5.97 Å². The molecular formula is C23H21BrClNO4. The molecule has 0 spiro atoms. The molecule has 0 unspecified atom stereocenters. The zero-order chi connectivity index (χ0) is 21.7. The molecule has 30 heavy (non-hydrogen) atoms. The summed E-state index contributed by atoms with van der Waals surface area (Å²) in [6.07, 6.45) is 0. The number of nitrogens with one attached hydrogen (secondary N) is 1. The standard InChI is InChI=1S/C23H21BrClNO4/c1-14-6-7-16(23(27)28)9-20(14)26-12-17-10-21(29-2)22(11-19(17)24)30-13-15-4-3-5-18(25)8-15/h3-11,26H,12-13H2,1-2H3,(H,27,28). The van der Waals surface area contributed by atoms with Gasteiger partial charge in [0.25, 0.3) is 0 Å². The predicted octanol–water partition coefficient (Wildman–Crippen LogP) is 6.31. The number of carboxylic acids is 1. The van der Waals surface area contributed by atoms with E-state index >= 15 is 0 Å². The molecule has 0 saturated heterocycles. The second kappa shape index (κ2) is 9.87. The Balaban J connectivity index is 1.75. The number of aryl methyl sites for hydroxylation is 1. The van der Waals surface area contributed by atoms with Crippen LogP contribution in [-0.4, -0.2) is 18.2 Å². The summed E-state index contributed by atoms with van der Waals surface area (Å²) < 4.78 is 12.3. The second-order valence-electron chi connectivity index (χ2n) is 6.70. The fourth-order valence-corrected chi connectivity index (χ4v) is 3.58. The molecule has 0 aliphatic carbocycles. The van der Waals surface area contributed by atoms with Gasteiger partial charge < -0.3 is 19.9 Å². The van der Waals surface area contributed by atoms with E-state index in [0.717, 1.165) is 26.9 Å². The number of rotatable bonds is 8. The molecule has 3 aromatic carbocycles. The van der Waals surface area contributed by atoms with Crippen LogP contribution in [0.3, 0.4) is 0 Å². The molecule has 0 atom stereocenters. The topological polar surface area (TPSA) is 67.8 Å². The largest absolute Gasteiger partial charge is 0.493 e. The predicted molar refractivity (Wildman–Crippen MR) is 122 cm³/mol. The second-order valence-corrected chi connectivity index (χ2v) is 7.99. The lowest BCUT2D eigenvalue weighted by molar-refractivity contribution is 0.0697. The van der Waals surface area contributed by atoms with Crippen LogP contribution in [0.1, 0.15) is 27.0 Å². The number of benzene rings is 3. The van der Waals surface area contributed by atoms with E-state index in [1.54, 1.807) is 25.3 Å². The van der Waals surface area contributed by atoms with E-state index in [-0.39, 0.29) is 5.56 Å². The van der Waals surface area contributed by atoms with E-state index in [9.17, 15) is 9.90 Å². The van der Waals surface area contributed by atoms with Gasteiger partial charge in [-0.25, -0.2) is 4.79 Å². The minimum Gasteiger partial charge on any atom is -0.493 e. The van der Waals surface area contributed by atoms with Crippen LogP contribution in [0.25, 0.3) is 0 Å². The fraction of sp³-hybridized carbons (Fsp3) is 0.174. The number of ether oxygens (including phenoxy) is 2. The van der Waals surface area contributed by atoms with Gasteiger partial charge in [-0.1, -0.05) is 45.7 Å². The van der Waals surface area contributed by atoms with E-state index in [1.165, 1.54) is 0 Å². The molecule has 0 aliphatic heterocycles. The van der Waals surface area contributed by atoms with Crippen LogP contribution in [0, 0.1) is 6.92 Å². The molecule has 0 amide bonds. The van der Waals surface area contributed by atoms with Crippen LogP contribution >= 0.6 is 27.5 Å². The van der Waals surface area contributed by atoms with Crippen molar-refractivity contribution in [3.63, 3.8) is 0 Å². The van der Waals surface area contributed by atoms with Crippen molar-refractivity contribution in [3.8, 4) is 11.5 Å². The summed E-state index contributed by atoms with van der Waals surface area (Å²) in [7, 11) is 1.59. The number of carbonyl (C=O) groups is 1. The maximum Gasteiger partial charge on any atom is 0.335 e. The third-order valence-electron chi connectivity index (χ3n) is 4.57. The zero-order valence-corrected chi connectivity index (χ0v) is 18.9. The molecule has 0 aromatic heterocycles. The van der Waals surface area contributed by atoms with Crippen molar-refractivity contribution >= 4 is 39.2 Å². The molecule has 0 bridgehead atoms. The Kier molecular flexibility index (Phi) is 7.24. The monoisotopic (exact) mass is 489 g/mol. The molecule has 0 aliphatic rings. The highest BCUT2D eigenvalue weighted by Gasteiger charge is 2.12. The highest BCUT2D eigenvalue weighted by Crippen LogP contribution is 2.34. The van der Waals surface area contributed by atoms with Gasteiger partial charge in [-0.05, 0) is 60.0 Å². The summed E-state index contributed by atoms with van der Waals surface area (Å²) in [5.41, 5.74) is 3.87. The van der Waals surface area contributed by atoms with Gasteiger partial charge in [0.1, 0.15) is 6.61 Å². The molecule has 3 rings (SSSR count). The van der Waals surface area contributed by atoms with Crippen LogP contribution in [0.4, 0.5) is 5.69 Å². The third-order valence-corrected chi connectivity index (χ3v) is 5.54. The Hall–Kier alpha value is -2.70. The van der Waals surface area contributed by atoms with Crippen LogP contribution in [0.2, 0.25) is 5.02 Å². The van der Waals surface area contributed by atoms with Gasteiger partial charge in [-0.2, -0.15) is 0 Å². The fourth-order valence-electron chi connectivity index (χ4n) is 2.91. The number of halogens is 2. The molecule has 0 radical (unpaired) electrons. The summed E-state index contributed by atoms with van der Waals surface area (Å²) >= 11 is 9.61. The molecule has 0 saturated carbocycles. The first-order valence-electron chi connectivity index (χ1n) is 9.19. The molecule has 5 nitrogen and oxygen atoms in total.